The fraction of sp³-hybridized carbons (Fsp3) is 0.667. The molecule has 0 aliphatic rings. The predicted molar refractivity (Wildman–Crippen MR) is 67.5 cm³/mol. The van der Waals surface area contributed by atoms with E-state index in [1.54, 1.807) is 13.2 Å². The molecule has 0 aliphatic heterocycles. The largest absolute Gasteiger partial charge is 0.475 e. The first-order chi connectivity index (χ1) is 8.15. The van der Waals surface area contributed by atoms with Crippen LogP contribution in [0.15, 0.2) is 6.07 Å². The lowest BCUT2D eigenvalue weighted by Crippen LogP contribution is -2.09. The fourth-order valence-corrected chi connectivity index (χ4v) is 1.36. The number of anilines is 1. The van der Waals surface area contributed by atoms with Gasteiger partial charge in [-0.25, -0.2) is 4.98 Å². The molecule has 5 nitrogen and oxygen atoms in total. The lowest BCUT2D eigenvalue weighted by molar-refractivity contribution is 0.143. The van der Waals surface area contributed by atoms with Gasteiger partial charge in [0, 0.05) is 26.6 Å². The van der Waals surface area contributed by atoms with Crippen molar-refractivity contribution in [1.82, 2.24) is 9.97 Å². The van der Waals surface area contributed by atoms with Gasteiger partial charge in [-0.05, 0) is 5.92 Å². The van der Waals surface area contributed by atoms with Crippen LogP contribution in [-0.4, -0.2) is 37.3 Å². The number of nitrogens with one attached hydrogen (secondary N) is 1. The average molecular weight is 239 g/mol. The summed E-state index contributed by atoms with van der Waals surface area (Å²) >= 11 is 0. The van der Waals surface area contributed by atoms with Crippen LogP contribution in [0.5, 0.6) is 5.88 Å². The topological polar surface area (TPSA) is 56.3 Å². The minimum atomic E-state index is 0.498. The van der Waals surface area contributed by atoms with Gasteiger partial charge in [-0.1, -0.05) is 13.8 Å². The third kappa shape index (κ3) is 4.99. The maximum Gasteiger partial charge on any atom is 0.218 e. The van der Waals surface area contributed by atoms with Crippen LogP contribution in [0.25, 0.3) is 0 Å². The third-order valence-electron chi connectivity index (χ3n) is 2.13. The summed E-state index contributed by atoms with van der Waals surface area (Å²) in [4.78, 5) is 8.75. The van der Waals surface area contributed by atoms with Crippen molar-refractivity contribution in [3.63, 3.8) is 0 Å². The third-order valence-corrected chi connectivity index (χ3v) is 2.13. The molecule has 0 aromatic carbocycles. The zero-order valence-electron chi connectivity index (χ0n) is 11.0. The van der Waals surface area contributed by atoms with Crippen LogP contribution in [0, 0.1) is 5.92 Å². The maximum absolute atomic E-state index is 5.50. The van der Waals surface area contributed by atoms with Crippen LogP contribution in [-0.2, 0) is 11.2 Å². The standard InChI is InChI=1S/C12H21N3O2/c1-9(2)7-11-14-10(13-3)8-12(15-11)17-6-5-16-4/h8-9H,5-7H2,1-4H3,(H,13,14,15). The summed E-state index contributed by atoms with van der Waals surface area (Å²) in [5.41, 5.74) is 0. The van der Waals surface area contributed by atoms with Crippen LogP contribution in [0.4, 0.5) is 5.82 Å². The van der Waals surface area contributed by atoms with E-state index in [1.165, 1.54) is 0 Å². The highest BCUT2D eigenvalue weighted by Gasteiger charge is 2.06. The summed E-state index contributed by atoms with van der Waals surface area (Å²) in [6.45, 7) is 5.33. The van der Waals surface area contributed by atoms with Crippen LogP contribution >= 0.6 is 0 Å². The molecule has 0 fully saturated rings. The van der Waals surface area contributed by atoms with E-state index in [-0.39, 0.29) is 0 Å². The highest BCUT2D eigenvalue weighted by atomic mass is 16.5. The number of hydrogen-bond donors (Lipinski definition) is 1. The van der Waals surface area contributed by atoms with Gasteiger partial charge < -0.3 is 14.8 Å². The molecule has 1 aromatic rings. The van der Waals surface area contributed by atoms with E-state index in [0.29, 0.717) is 25.0 Å². The van der Waals surface area contributed by atoms with Crippen molar-refractivity contribution in [2.45, 2.75) is 20.3 Å². The molecule has 1 aromatic heterocycles. The lowest BCUT2D eigenvalue weighted by Gasteiger charge is -2.10. The Morgan fingerprint density at radius 3 is 2.65 bits per heavy atom. The van der Waals surface area contributed by atoms with Crippen LogP contribution in [0.1, 0.15) is 19.7 Å². The van der Waals surface area contributed by atoms with E-state index in [2.05, 4.69) is 29.1 Å². The number of ether oxygens (including phenoxy) is 2. The van der Waals surface area contributed by atoms with E-state index in [0.717, 1.165) is 18.1 Å². The Balaban J connectivity index is 2.74. The fourth-order valence-electron chi connectivity index (χ4n) is 1.36. The number of methoxy groups -OCH3 is 1. The summed E-state index contributed by atoms with van der Waals surface area (Å²) in [5, 5.41) is 3.01. The van der Waals surface area contributed by atoms with E-state index in [9.17, 15) is 0 Å². The van der Waals surface area contributed by atoms with Crippen molar-refractivity contribution >= 4 is 5.82 Å². The van der Waals surface area contributed by atoms with Gasteiger partial charge in [0.1, 0.15) is 18.2 Å². The minimum Gasteiger partial charge on any atom is -0.475 e. The molecule has 0 radical (unpaired) electrons. The lowest BCUT2D eigenvalue weighted by atomic mass is 10.1. The quantitative estimate of drug-likeness (QED) is 0.734. The Morgan fingerprint density at radius 2 is 2.06 bits per heavy atom. The van der Waals surface area contributed by atoms with Gasteiger partial charge in [0.05, 0.1) is 6.61 Å². The molecule has 1 N–H and O–H groups in total. The van der Waals surface area contributed by atoms with Crippen molar-refractivity contribution < 1.29 is 9.47 Å². The normalized spacial score (nSPS) is 10.6. The zero-order valence-corrected chi connectivity index (χ0v) is 11.0. The molecule has 0 atom stereocenters. The van der Waals surface area contributed by atoms with Crippen LogP contribution < -0.4 is 10.1 Å². The number of aromatic nitrogens is 2. The smallest absolute Gasteiger partial charge is 0.218 e. The second kappa shape index (κ2) is 7.06. The highest BCUT2D eigenvalue weighted by Crippen LogP contribution is 2.15. The Hall–Kier alpha value is -1.36. The molecule has 0 saturated heterocycles. The minimum absolute atomic E-state index is 0.498. The molecule has 17 heavy (non-hydrogen) atoms. The van der Waals surface area contributed by atoms with Crippen LogP contribution in [0.3, 0.4) is 0 Å². The molecule has 0 amide bonds. The van der Waals surface area contributed by atoms with Gasteiger partial charge >= 0.3 is 0 Å². The SMILES string of the molecule is CNc1cc(OCCOC)nc(CC(C)C)n1. The summed E-state index contributed by atoms with van der Waals surface area (Å²) in [7, 11) is 3.48. The summed E-state index contributed by atoms with van der Waals surface area (Å²) < 4.78 is 10.4. The van der Waals surface area contributed by atoms with Crippen molar-refractivity contribution in [3.05, 3.63) is 11.9 Å². The van der Waals surface area contributed by atoms with E-state index in [4.69, 9.17) is 9.47 Å². The van der Waals surface area contributed by atoms with E-state index < -0.39 is 0 Å². The van der Waals surface area contributed by atoms with Crippen molar-refractivity contribution in [2.75, 3.05) is 32.7 Å². The molecule has 1 heterocycles. The number of rotatable bonds is 7. The first-order valence-corrected chi connectivity index (χ1v) is 5.83. The Morgan fingerprint density at radius 1 is 1.29 bits per heavy atom. The molecule has 0 unspecified atom stereocenters. The van der Waals surface area contributed by atoms with E-state index >= 15 is 0 Å². The maximum atomic E-state index is 5.50. The van der Waals surface area contributed by atoms with Gasteiger partial charge in [0.15, 0.2) is 0 Å². The first kappa shape index (κ1) is 13.7. The second-order valence-corrected chi connectivity index (χ2v) is 4.20. The number of nitrogens with zero attached hydrogens (tertiary/aromatic N) is 2. The summed E-state index contributed by atoms with van der Waals surface area (Å²) in [5.74, 6) is 2.70. The number of hydrogen-bond acceptors (Lipinski definition) is 5. The van der Waals surface area contributed by atoms with E-state index in [1.807, 2.05) is 7.05 Å². The summed E-state index contributed by atoms with van der Waals surface area (Å²) in [6.07, 6.45) is 0.843. The first-order valence-electron chi connectivity index (χ1n) is 5.83. The van der Waals surface area contributed by atoms with Gasteiger partial charge in [-0.15, -0.1) is 0 Å². The van der Waals surface area contributed by atoms with Gasteiger partial charge in [0.25, 0.3) is 0 Å². The molecule has 0 aliphatic carbocycles. The molecule has 5 heteroatoms. The zero-order chi connectivity index (χ0) is 12.7. The Labute approximate surface area is 103 Å². The van der Waals surface area contributed by atoms with Gasteiger partial charge in [-0.3, -0.25) is 0 Å². The summed E-state index contributed by atoms with van der Waals surface area (Å²) in [6, 6.07) is 1.79. The van der Waals surface area contributed by atoms with Gasteiger partial charge in [-0.2, -0.15) is 4.98 Å². The van der Waals surface area contributed by atoms with Crippen molar-refractivity contribution in [2.24, 2.45) is 5.92 Å². The molecular formula is C12H21N3O2. The molecule has 0 bridgehead atoms. The Bertz CT molecular complexity index is 343. The monoisotopic (exact) mass is 239 g/mol. The highest BCUT2D eigenvalue weighted by molar-refractivity contribution is 5.37. The molecule has 1 rings (SSSR count). The van der Waals surface area contributed by atoms with Crippen molar-refractivity contribution in [3.8, 4) is 5.88 Å². The average Bonchev–Trinajstić information content (AvgIpc) is 2.28. The predicted octanol–water partition coefficient (Wildman–Crippen LogP) is 1.74. The second-order valence-electron chi connectivity index (χ2n) is 4.20. The molecule has 0 saturated carbocycles. The molecule has 0 spiro atoms. The van der Waals surface area contributed by atoms with Gasteiger partial charge in [0.2, 0.25) is 5.88 Å². The van der Waals surface area contributed by atoms with Crippen molar-refractivity contribution in [1.29, 1.82) is 0 Å². The molecule has 96 valence electrons. The molecular weight excluding hydrogens is 218 g/mol. The Kier molecular flexibility index (Phi) is 5.69. The van der Waals surface area contributed by atoms with Crippen LogP contribution in [0.2, 0.25) is 0 Å².